The van der Waals surface area contributed by atoms with E-state index in [2.05, 4.69) is 46.7 Å². The van der Waals surface area contributed by atoms with Crippen molar-refractivity contribution in [1.29, 1.82) is 0 Å². The van der Waals surface area contributed by atoms with E-state index < -0.39 is 0 Å². The van der Waals surface area contributed by atoms with Crippen molar-refractivity contribution in [2.75, 3.05) is 48.3 Å². The fourth-order valence-corrected chi connectivity index (χ4v) is 3.35. The first kappa shape index (κ1) is 17.2. The molecule has 0 spiro atoms. The molecule has 3 amide bonds. The predicted molar refractivity (Wildman–Crippen MR) is 105 cm³/mol. The lowest BCUT2D eigenvalue weighted by Gasteiger charge is -2.36. The van der Waals surface area contributed by atoms with Gasteiger partial charge in [-0.05, 0) is 36.8 Å². The summed E-state index contributed by atoms with van der Waals surface area (Å²) in [6.45, 7) is 5.01. The smallest absolute Gasteiger partial charge is 0.321 e. The molecule has 1 saturated heterocycles. The molecule has 7 heteroatoms. The Balaban J connectivity index is 1.35. The highest BCUT2D eigenvalue weighted by Gasteiger charge is 2.22. The van der Waals surface area contributed by atoms with E-state index in [9.17, 15) is 9.59 Å². The van der Waals surface area contributed by atoms with Crippen molar-refractivity contribution in [1.82, 2.24) is 4.90 Å². The van der Waals surface area contributed by atoms with Gasteiger partial charge in [-0.15, -0.1) is 0 Å². The summed E-state index contributed by atoms with van der Waals surface area (Å²) < 4.78 is 5.39. The summed E-state index contributed by atoms with van der Waals surface area (Å²) in [5.41, 5.74) is 3.70. The molecule has 2 aromatic rings. The number of urea groups is 1. The van der Waals surface area contributed by atoms with Gasteiger partial charge >= 0.3 is 6.03 Å². The van der Waals surface area contributed by atoms with Crippen LogP contribution in [0.1, 0.15) is 5.56 Å². The van der Waals surface area contributed by atoms with E-state index in [1.165, 1.54) is 11.3 Å². The first-order valence-corrected chi connectivity index (χ1v) is 9.03. The van der Waals surface area contributed by atoms with Crippen molar-refractivity contribution < 1.29 is 14.3 Å². The third kappa shape index (κ3) is 3.81. The van der Waals surface area contributed by atoms with Crippen LogP contribution in [0.3, 0.4) is 0 Å². The number of hydrogen-bond donors (Lipinski definition) is 2. The topological polar surface area (TPSA) is 73.9 Å². The van der Waals surface area contributed by atoms with Crippen LogP contribution in [0.4, 0.5) is 21.9 Å². The van der Waals surface area contributed by atoms with Crippen LogP contribution in [0, 0.1) is 6.92 Å². The average molecular weight is 366 g/mol. The summed E-state index contributed by atoms with van der Waals surface area (Å²) in [6, 6.07) is 13.5. The number of amides is 3. The molecular formula is C20H22N4O3. The van der Waals surface area contributed by atoms with E-state index >= 15 is 0 Å². The maximum absolute atomic E-state index is 12.6. The molecule has 0 unspecified atom stereocenters. The number of nitrogens with one attached hydrogen (secondary N) is 2. The Bertz CT molecular complexity index is 875. The molecule has 1 fully saturated rings. The van der Waals surface area contributed by atoms with E-state index in [1.54, 1.807) is 18.2 Å². The number of benzene rings is 2. The minimum Gasteiger partial charge on any atom is -0.482 e. The second kappa shape index (κ2) is 7.19. The molecule has 2 heterocycles. The lowest BCUT2D eigenvalue weighted by Crippen LogP contribution is -2.50. The SMILES string of the molecule is Cc1cccc(N2CCN(C(=O)Nc3ccc4c(c3)OCC(=O)N4)CC2)c1. The van der Waals surface area contributed by atoms with Gasteiger partial charge in [0.05, 0.1) is 5.69 Å². The summed E-state index contributed by atoms with van der Waals surface area (Å²) in [4.78, 5) is 28.0. The molecule has 140 valence electrons. The monoisotopic (exact) mass is 366 g/mol. The predicted octanol–water partition coefficient (Wildman–Crippen LogP) is 2.68. The first-order valence-electron chi connectivity index (χ1n) is 9.03. The molecule has 27 heavy (non-hydrogen) atoms. The van der Waals surface area contributed by atoms with Crippen LogP contribution in [0.15, 0.2) is 42.5 Å². The van der Waals surface area contributed by atoms with Gasteiger partial charge in [0.25, 0.3) is 5.91 Å². The number of aryl methyl sites for hydroxylation is 1. The Labute approximate surface area is 157 Å². The van der Waals surface area contributed by atoms with Crippen molar-refractivity contribution in [3.63, 3.8) is 0 Å². The minimum atomic E-state index is -0.175. The van der Waals surface area contributed by atoms with Gasteiger partial charge < -0.3 is 25.2 Å². The molecular weight excluding hydrogens is 344 g/mol. The van der Waals surface area contributed by atoms with Crippen molar-refractivity contribution in [3.8, 4) is 5.75 Å². The summed E-state index contributed by atoms with van der Waals surface area (Å²) in [5.74, 6) is 0.391. The Morgan fingerprint density at radius 3 is 2.70 bits per heavy atom. The Morgan fingerprint density at radius 1 is 1.11 bits per heavy atom. The highest BCUT2D eigenvalue weighted by Crippen LogP contribution is 2.30. The lowest BCUT2D eigenvalue weighted by atomic mass is 10.2. The fraction of sp³-hybridized carbons (Fsp3) is 0.300. The highest BCUT2D eigenvalue weighted by atomic mass is 16.5. The van der Waals surface area contributed by atoms with E-state index in [4.69, 9.17) is 4.74 Å². The zero-order chi connectivity index (χ0) is 18.8. The molecule has 0 bridgehead atoms. The standard InChI is InChI=1S/C20H22N4O3/c1-14-3-2-4-16(11-14)23-7-9-24(10-8-23)20(26)21-15-5-6-17-18(12-15)27-13-19(25)22-17/h2-6,11-12H,7-10,13H2,1H3,(H,21,26)(H,22,25). The molecule has 2 N–H and O–H groups in total. The molecule has 2 aliphatic heterocycles. The van der Waals surface area contributed by atoms with Crippen molar-refractivity contribution in [3.05, 3.63) is 48.0 Å². The summed E-state index contributed by atoms with van der Waals surface area (Å²) in [7, 11) is 0. The number of anilines is 3. The van der Waals surface area contributed by atoms with Crippen LogP contribution >= 0.6 is 0 Å². The van der Waals surface area contributed by atoms with Crippen LogP contribution < -0.4 is 20.3 Å². The van der Waals surface area contributed by atoms with Crippen LogP contribution in [0.5, 0.6) is 5.75 Å². The van der Waals surface area contributed by atoms with Gasteiger partial charge in [-0.25, -0.2) is 4.79 Å². The van der Waals surface area contributed by atoms with Crippen LogP contribution in [0.25, 0.3) is 0 Å². The molecule has 7 nitrogen and oxygen atoms in total. The third-order valence-electron chi connectivity index (χ3n) is 4.80. The second-order valence-corrected chi connectivity index (χ2v) is 6.79. The normalized spacial score (nSPS) is 16.3. The molecule has 0 saturated carbocycles. The molecule has 0 radical (unpaired) electrons. The van der Waals surface area contributed by atoms with E-state index in [0.29, 0.717) is 30.2 Å². The number of hydrogen-bond acceptors (Lipinski definition) is 4. The van der Waals surface area contributed by atoms with Crippen LogP contribution in [0.2, 0.25) is 0 Å². The number of carbonyl (C=O) groups excluding carboxylic acids is 2. The third-order valence-corrected chi connectivity index (χ3v) is 4.80. The number of rotatable bonds is 2. The van der Waals surface area contributed by atoms with Crippen molar-refractivity contribution in [2.45, 2.75) is 6.92 Å². The van der Waals surface area contributed by atoms with Gasteiger partial charge in [0.1, 0.15) is 5.75 Å². The quantitative estimate of drug-likeness (QED) is 0.857. The van der Waals surface area contributed by atoms with E-state index in [0.717, 1.165) is 13.1 Å². The molecule has 0 atom stereocenters. The average Bonchev–Trinajstić information content (AvgIpc) is 2.68. The second-order valence-electron chi connectivity index (χ2n) is 6.79. The van der Waals surface area contributed by atoms with Gasteiger partial charge in [-0.3, -0.25) is 4.79 Å². The van der Waals surface area contributed by atoms with E-state index in [1.807, 2.05) is 4.90 Å². The molecule has 2 aromatic carbocycles. The number of nitrogens with zero attached hydrogens (tertiary/aromatic N) is 2. The maximum atomic E-state index is 12.6. The molecule has 0 aliphatic carbocycles. The summed E-state index contributed by atoms with van der Waals surface area (Å²) in [5, 5.41) is 5.65. The van der Waals surface area contributed by atoms with Gasteiger partial charge in [0.2, 0.25) is 0 Å². The van der Waals surface area contributed by atoms with Crippen molar-refractivity contribution >= 4 is 29.0 Å². The summed E-state index contributed by atoms with van der Waals surface area (Å²) in [6.07, 6.45) is 0. The molecule has 0 aromatic heterocycles. The van der Waals surface area contributed by atoms with Gasteiger partial charge in [0, 0.05) is 43.6 Å². The first-order chi connectivity index (χ1) is 13.1. The van der Waals surface area contributed by atoms with Gasteiger partial charge in [0.15, 0.2) is 6.61 Å². The zero-order valence-electron chi connectivity index (χ0n) is 15.2. The largest absolute Gasteiger partial charge is 0.482 e. The summed E-state index contributed by atoms with van der Waals surface area (Å²) >= 11 is 0. The molecule has 4 rings (SSSR count). The molecule has 2 aliphatic rings. The van der Waals surface area contributed by atoms with Gasteiger partial charge in [-0.1, -0.05) is 12.1 Å². The van der Waals surface area contributed by atoms with Gasteiger partial charge in [-0.2, -0.15) is 0 Å². The maximum Gasteiger partial charge on any atom is 0.321 e. The van der Waals surface area contributed by atoms with Crippen molar-refractivity contribution in [2.24, 2.45) is 0 Å². The van der Waals surface area contributed by atoms with Crippen LogP contribution in [-0.2, 0) is 4.79 Å². The fourth-order valence-electron chi connectivity index (χ4n) is 3.35. The highest BCUT2D eigenvalue weighted by molar-refractivity contribution is 5.96. The minimum absolute atomic E-state index is 0.00861. The Morgan fingerprint density at radius 2 is 1.93 bits per heavy atom. The number of carbonyl (C=O) groups is 2. The number of piperazine rings is 1. The lowest BCUT2D eigenvalue weighted by molar-refractivity contribution is -0.118. The number of fused-ring (bicyclic) bond motifs is 1. The Hall–Kier alpha value is -3.22. The van der Waals surface area contributed by atoms with E-state index in [-0.39, 0.29) is 18.5 Å². The zero-order valence-corrected chi connectivity index (χ0v) is 15.2. The Kier molecular flexibility index (Phi) is 4.58. The number of ether oxygens (including phenoxy) is 1. The van der Waals surface area contributed by atoms with Crippen LogP contribution in [-0.4, -0.2) is 49.6 Å².